The van der Waals surface area contributed by atoms with Crippen LogP contribution in [0.4, 0.5) is 11.4 Å². The molecule has 0 fully saturated rings. The van der Waals surface area contributed by atoms with Gasteiger partial charge in [-0.15, -0.1) is 11.3 Å². The summed E-state index contributed by atoms with van der Waals surface area (Å²) in [6.45, 7) is 3.79. The number of hydrogen-bond donors (Lipinski definition) is 1. The number of carbonyl (C=O) groups is 1. The molecule has 6 nitrogen and oxygen atoms in total. The number of carbonyl (C=O) groups excluding carboxylic acids is 1. The molecule has 0 aliphatic rings. The Morgan fingerprint density at radius 1 is 1.07 bits per heavy atom. The van der Waals surface area contributed by atoms with E-state index in [2.05, 4.69) is 5.32 Å². The Kier molecular flexibility index (Phi) is 6.24. The summed E-state index contributed by atoms with van der Waals surface area (Å²) in [5.41, 5.74) is 3.37. The Balaban J connectivity index is 1.60. The first-order chi connectivity index (χ1) is 13.8. The SMILES string of the molecule is Cc1cc(C)cc(NC(=O)COc2ccc(N(C)S(=O)(=O)c3cccs3)cc2)c1. The second-order valence-corrected chi connectivity index (χ2v) is 9.76. The molecule has 152 valence electrons. The minimum absolute atomic E-state index is 0.143. The Morgan fingerprint density at radius 3 is 2.31 bits per heavy atom. The maximum absolute atomic E-state index is 12.6. The van der Waals surface area contributed by atoms with Crippen molar-refractivity contribution >= 4 is 38.6 Å². The largest absolute Gasteiger partial charge is 0.484 e. The van der Waals surface area contributed by atoms with Gasteiger partial charge < -0.3 is 10.1 Å². The van der Waals surface area contributed by atoms with Gasteiger partial charge in [0.1, 0.15) is 9.96 Å². The Morgan fingerprint density at radius 2 is 1.72 bits per heavy atom. The highest BCUT2D eigenvalue weighted by atomic mass is 32.2. The van der Waals surface area contributed by atoms with Crippen molar-refractivity contribution in [3.63, 3.8) is 0 Å². The van der Waals surface area contributed by atoms with Gasteiger partial charge in [-0.2, -0.15) is 0 Å². The number of benzene rings is 2. The molecule has 0 bridgehead atoms. The fraction of sp³-hybridized carbons (Fsp3) is 0.190. The van der Waals surface area contributed by atoms with E-state index < -0.39 is 10.0 Å². The number of hydrogen-bond acceptors (Lipinski definition) is 5. The quantitative estimate of drug-likeness (QED) is 0.609. The van der Waals surface area contributed by atoms with Crippen LogP contribution in [0.2, 0.25) is 0 Å². The van der Waals surface area contributed by atoms with Gasteiger partial charge in [-0.05, 0) is 72.8 Å². The molecule has 3 aromatic rings. The second-order valence-electron chi connectivity index (χ2n) is 6.61. The first kappa shape index (κ1) is 20.9. The lowest BCUT2D eigenvalue weighted by Crippen LogP contribution is -2.25. The lowest BCUT2D eigenvalue weighted by atomic mass is 10.1. The van der Waals surface area contributed by atoms with E-state index in [1.165, 1.54) is 22.7 Å². The summed E-state index contributed by atoms with van der Waals surface area (Å²) in [4.78, 5) is 12.1. The molecule has 0 unspecified atom stereocenters. The van der Waals surface area contributed by atoms with E-state index >= 15 is 0 Å². The van der Waals surface area contributed by atoms with Crippen molar-refractivity contribution in [2.45, 2.75) is 18.1 Å². The number of anilines is 2. The zero-order valence-electron chi connectivity index (χ0n) is 16.4. The van der Waals surface area contributed by atoms with Gasteiger partial charge in [0.05, 0.1) is 5.69 Å². The van der Waals surface area contributed by atoms with Gasteiger partial charge in [-0.3, -0.25) is 9.10 Å². The van der Waals surface area contributed by atoms with Crippen molar-refractivity contribution in [3.8, 4) is 5.75 Å². The fourth-order valence-electron chi connectivity index (χ4n) is 2.83. The lowest BCUT2D eigenvalue weighted by molar-refractivity contribution is -0.118. The molecule has 0 spiro atoms. The minimum Gasteiger partial charge on any atom is -0.484 e. The van der Waals surface area contributed by atoms with Gasteiger partial charge in [0.25, 0.3) is 15.9 Å². The molecule has 29 heavy (non-hydrogen) atoms. The van der Waals surface area contributed by atoms with Gasteiger partial charge >= 0.3 is 0 Å². The van der Waals surface area contributed by atoms with E-state index in [9.17, 15) is 13.2 Å². The van der Waals surface area contributed by atoms with Crippen LogP contribution in [-0.4, -0.2) is 28.0 Å². The smallest absolute Gasteiger partial charge is 0.273 e. The third kappa shape index (κ3) is 5.16. The highest BCUT2D eigenvalue weighted by Crippen LogP contribution is 2.26. The zero-order chi connectivity index (χ0) is 21.0. The molecule has 1 heterocycles. The van der Waals surface area contributed by atoms with Crippen LogP contribution < -0.4 is 14.4 Å². The number of nitrogens with zero attached hydrogens (tertiary/aromatic N) is 1. The number of ether oxygens (including phenoxy) is 1. The molecule has 8 heteroatoms. The average Bonchev–Trinajstić information content (AvgIpc) is 3.21. The van der Waals surface area contributed by atoms with Crippen molar-refractivity contribution in [1.29, 1.82) is 0 Å². The number of nitrogens with one attached hydrogen (secondary N) is 1. The number of aryl methyl sites for hydroxylation is 2. The summed E-state index contributed by atoms with van der Waals surface area (Å²) in [7, 11) is -2.08. The molecule has 3 rings (SSSR count). The van der Waals surface area contributed by atoms with E-state index in [0.717, 1.165) is 16.8 Å². The minimum atomic E-state index is -3.58. The standard InChI is InChI=1S/C21H22N2O4S2/c1-15-11-16(2)13-17(12-15)22-20(24)14-27-19-8-6-18(7-9-19)23(3)29(25,26)21-5-4-10-28-21/h4-13H,14H2,1-3H3,(H,22,24). The highest BCUT2D eigenvalue weighted by molar-refractivity contribution is 7.94. The normalized spacial score (nSPS) is 11.1. The highest BCUT2D eigenvalue weighted by Gasteiger charge is 2.22. The van der Waals surface area contributed by atoms with Crippen molar-refractivity contribution in [2.24, 2.45) is 0 Å². The number of thiophene rings is 1. The van der Waals surface area contributed by atoms with Crippen LogP contribution in [0.5, 0.6) is 5.75 Å². The molecule has 0 radical (unpaired) electrons. The Labute approximate surface area is 174 Å². The molecule has 0 aliphatic carbocycles. The van der Waals surface area contributed by atoms with Crippen LogP contribution >= 0.6 is 11.3 Å². The molecule has 1 N–H and O–H groups in total. The topological polar surface area (TPSA) is 75.7 Å². The molecule has 0 saturated heterocycles. The summed E-state index contributed by atoms with van der Waals surface area (Å²) in [5, 5.41) is 4.53. The summed E-state index contributed by atoms with van der Waals surface area (Å²) >= 11 is 1.17. The fourth-order valence-corrected chi connectivity index (χ4v) is 5.19. The summed E-state index contributed by atoms with van der Waals surface area (Å²) in [6.07, 6.45) is 0. The van der Waals surface area contributed by atoms with Crippen LogP contribution in [0, 0.1) is 13.8 Å². The van der Waals surface area contributed by atoms with E-state index in [0.29, 0.717) is 11.4 Å². The summed E-state index contributed by atoms with van der Waals surface area (Å²) < 4.78 is 32.1. The van der Waals surface area contributed by atoms with Crippen molar-refractivity contribution < 1.29 is 17.9 Å². The van der Waals surface area contributed by atoms with Crippen LogP contribution in [0.3, 0.4) is 0 Å². The van der Waals surface area contributed by atoms with Gasteiger partial charge in [0.2, 0.25) is 0 Å². The predicted octanol–water partition coefficient (Wildman–Crippen LogP) is 4.21. The average molecular weight is 431 g/mol. The Hall–Kier alpha value is -2.84. The molecule has 0 saturated carbocycles. The van der Waals surface area contributed by atoms with Gasteiger partial charge in [0, 0.05) is 12.7 Å². The second kappa shape index (κ2) is 8.67. The van der Waals surface area contributed by atoms with Crippen LogP contribution in [0.1, 0.15) is 11.1 Å². The Bertz CT molecular complexity index is 1070. The van der Waals surface area contributed by atoms with Crippen molar-refractivity contribution in [2.75, 3.05) is 23.3 Å². The summed E-state index contributed by atoms with van der Waals surface area (Å²) in [5.74, 6) is 0.211. The van der Waals surface area contributed by atoms with E-state index in [-0.39, 0.29) is 16.7 Å². The molecular weight excluding hydrogens is 408 g/mol. The molecular formula is C21H22N2O4S2. The first-order valence-electron chi connectivity index (χ1n) is 8.89. The first-order valence-corrected chi connectivity index (χ1v) is 11.2. The van der Waals surface area contributed by atoms with E-state index in [1.54, 1.807) is 41.8 Å². The van der Waals surface area contributed by atoms with Crippen molar-refractivity contribution in [3.05, 3.63) is 71.1 Å². The van der Waals surface area contributed by atoms with Crippen LogP contribution in [0.25, 0.3) is 0 Å². The summed E-state index contributed by atoms with van der Waals surface area (Å²) in [6, 6.07) is 15.6. The van der Waals surface area contributed by atoms with Gasteiger partial charge in [0.15, 0.2) is 6.61 Å². The van der Waals surface area contributed by atoms with Crippen molar-refractivity contribution in [1.82, 2.24) is 0 Å². The number of sulfonamides is 1. The lowest BCUT2D eigenvalue weighted by Gasteiger charge is -2.18. The number of rotatable bonds is 7. The maximum atomic E-state index is 12.6. The zero-order valence-corrected chi connectivity index (χ0v) is 18.0. The maximum Gasteiger partial charge on any atom is 0.273 e. The van der Waals surface area contributed by atoms with E-state index in [4.69, 9.17) is 4.74 Å². The molecule has 1 amide bonds. The number of amides is 1. The van der Waals surface area contributed by atoms with Crippen LogP contribution in [-0.2, 0) is 14.8 Å². The molecule has 0 aliphatic heterocycles. The van der Waals surface area contributed by atoms with Gasteiger partial charge in [-0.25, -0.2) is 8.42 Å². The third-order valence-electron chi connectivity index (χ3n) is 4.19. The molecule has 0 atom stereocenters. The molecule has 2 aromatic carbocycles. The predicted molar refractivity (Wildman–Crippen MR) is 116 cm³/mol. The molecule has 1 aromatic heterocycles. The van der Waals surface area contributed by atoms with Crippen LogP contribution in [0.15, 0.2) is 64.2 Å². The van der Waals surface area contributed by atoms with E-state index in [1.807, 2.05) is 32.0 Å². The monoisotopic (exact) mass is 430 g/mol. The third-order valence-corrected chi connectivity index (χ3v) is 7.34. The van der Waals surface area contributed by atoms with Gasteiger partial charge in [-0.1, -0.05) is 12.1 Å².